The molecule has 1 N–H and O–H groups in total. The van der Waals surface area contributed by atoms with Crippen LogP contribution < -0.4 is 0 Å². The second-order valence-electron chi connectivity index (χ2n) is 7.09. The first-order chi connectivity index (χ1) is 10.8. The molecule has 0 heterocycles. The minimum Gasteiger partial charge on any atom is -0.481 e. The molecule has 1 amide bonds. The fourth-order valence-corrected chi connectivity index (χ4v) is 2.35. The van der Waals surface area contributed by atoms with Crippen molar-refractivity contribution in [3.63, 3.8) is 0 Å². The number of carbonyl (C=O) groups excluding carboxylic acids is 1. The molecule has 5 nitrogen and oxygen atoms in total. The summed E-state index contributed by atoms with van der Waals surface area (Å²) in [6, 6.07) is 0. The third-order valence-corrected chi connectivity index (χ3v) is 3.46. The molecule has 0 aromatic carbocycles. The molecule has 136 valence electrons. The lowest BCUT2D eigenvalue weighted by Crippen LogP contribution is -2.37. The van der Waals surface area contributed by atoms with Crippen molar-refractivity contribution >= 4 is 12.1 Å². The number of ether oxygens (including phenoxy) is 1. The van der Waals surface area contributed by atoms with Gasteiger partial charge in [-0.1, -0.05) is 39.0 Å². The van der Waals surface area contributed by atoms with Gasteiger partial charge in [-0.2, -0.15) is 0 Å². The second-order valence-corrected chi connectivity index (χ2v) is 7.09. The van der Waals surface area contributed by atoms with Crippen molar-refractivity contribution in [2.24, 2.45) is 0 Å². The Bertz CT molecular complexity index is 336. The third kappa shape index (κ3) is 14.1. The topological polar surface area (TPSA) is 66.8 Å². The summed E-state index contributed by atoms with van der Waals surface area (Å²) in [5, 5.41) is 8.55. The van der Waals surface area contributed by atoms with Crippen molar-refractivity contribution in [3.8, 4) is 0 Å². The van der Waals surface area contributed by atoms with Gasteiger partial charge in [-0.05, 0) is 40.0 Å². The van der Waals surface area contributed by atoms with E-state index in [2.05, 4.69) is 6.92 Å². The summed E-state index contributed by atoms with van der Waals surface area (Å²) in [4.78, 5) is 24.3. The summed E-state index contributed by atoms with van der Waals surface area (Å²) in [5.41, 5.74) is -0.445. The highest BCUT2D eigenvalue weighted by atomic mass is 16.6. The summed E-state index contributed by atoms with van der Waals surface area (Å²) in [5.74, 6) is -0.705. The van der Waals surface area contributed by atoms with E-state index < -0.39 is 11.6 Å². The van der Waals surface area contributed by atoms with Crippen molar-refractivity contribution in [3.05, 3.63) is 0 Å². The number of hydrogen-bond donors (Lipinski definition) is 1. The van der Waals surface area contributed by atoms with Crippen LogP contribution in [0.25, 0.3) is 0 Å². The Hall–Kier alpha value is -1.26. The van der Waals surface area contributed by atoms with E-state index in [1.807, 2.05) is 20.8 Å². The Kier molecular flexibility index (Phi) is 11.5. The maximum Gasteiger partial charge on any atom is 0.410 e. The highest BCUT2D eigenvalue weighted by molar-refractivity contribution is 5.68. The molecule has 0 atom stereocenters. The first-order valence-corrected chi connectivity index (χ1v) is 8.96. The fraction of sp³-hybridized carbons (Fsp3) is 0.889. The lowest BCUT2D eigenvalue weighted by molar-refractivity contribution is -0.137. The molecule has 0 aromatic rings. The van der Waals surface area contributed by atoms with Crippen molar-refractivity contribution in [2.45, 2.75) is 91.1 Å². The van der Waals surface area contributed by atoms with Crippen LogP contribution in [-0.2, 0) is 9.53 Å². The van der Waals surface area contributed by atoms with Crippen LogP contribution in [0.1, 0.15) is 85.5 Å². The summed E-state index contributed by atoms with van der Waals surface area (Å²) < 4.78 is 5.43. The number of rotatable bonds is 12. The number of unbranched alkanes of at least 4 members (excludes halogenated alkanes) is 6. The smallest absolute Gasteiger partial charge is 0.410 e. The monoisotopic (exact) mass is 329 g/mol. The lowest BCUT2D eigenvalue weighted by Gasteiger charge is -2.27. The first-order valence-electron chi connectivity index (χ1n) is 8.96. The molecule has 0 saturated carbocycles. The maximum atomic E-state index is 12.1. The quantitative estimate of drug-likeness (QED) is 0.520. The van der Waals surface area contributed by atoms with Gasteiger partial charge in [0.2, 0.25) is 0 Å². The third-order valence-electron chi connectivity index (χ3n) is 3.46. The summed E-state index contributed by atoms with van der Waals surface area (Å²) in [7, 11) is 0. The van der Waals surface area contributed by atoms with Crippen LogP contribution in [0.5, 0.6) is 0 Å². The van der Waals surface area contributed by atoms with E-state index in [-0.39, 0.29) is 12.5 Å². The normalized spacial score (nSPS) is 11.3. The maximum absolute atomic E-state index is 12.1. The molecule has 23 heavy (non-hydrogen) atoms. The average molecular weight is 329 g/mol. The van der Waals surface area contributed by atoms with E-state index in [9.17, 15) is 9.59 Å². The SMILES string of the molecule is CCCN(CCCCCCCCCC(=O)O)C(=O)OC(C)(C)C. The van der Waals surface area contributed by atoms with Crippen LogP contribution in [0.3, 0.4) is 0 Å². The van der Waals surface area contributed by atoms with Gasteiger partial charge in [-0.15, -0.1) is 0 Å². The molecule has 0 aliphatic heterocycles. The predicted molar refractivity (Wildman–Crippen MR) is 92.7 cm³/mol. The van der Waals surface area contributed by atoms with Gasteiger partial charge < -0.3 is 14.7 Å². The van der Waals surface area contributed by atoms with Gasteiger partial charge in [0.15, 0.2) is 0 Å². The van der Waals surface area contributed by atoms with Crippen molar-refractivity contribution < 1.29 is 19.4 Å². The van der Waals surface area contributed by atoms with Crippen LogP contribution in [0, 0.1) is 0 Å². The van der Waals surface area contributed by atoms with E-state index in [1.54, 1.807) is 4.90 Å². The number of hydrogen-bond acceptors (Lipinski definition) is 3. The molecule has 0 aliphatic rings. The summed E-state index contributed by atoms with van der Waals surface area (Å²) in [6.07, 6.45) is 8.23. The minimum absolute atomic E-state index is 0.215. The first kappa shape index (κ1) is 21.7. The van der Waals surface area contributed by atoms with Crippen LogP contribution in [0.4, 0.5) is 4.79 Å². The summed E-state index contributed by atoms with van der Waals surface area (Å²) >= 11 is 0. The van der Waals surface area contributed by atoms with E-state index in [0.29, 0.717) is 0 Å². The Morgan fingerprint density at radius 2 is 1.43 bits per heavy atom. The van der Waals surface area contributed by atoms with Crippen LogP contribution in [0.15, 0.2) is 0 Å². The van der Waals surface area contributed by atoms with Gasteiger partial charge in [0, 0.05) is 19.5 Å². The second kappa shape index (κ2) is 12.2. The van der Waals surface area contributed by atoms with Crippen LogP contribution in [-0.4, -0.2) is 40.8 Å². The zero-order valence-corrected chi connectivity index (χ0v) is 15.4. The minimum atomic E-state index is -0.705. The average Bonchev–Trinajstić information content (AvgIpc) is 2.42. The van der Waals surface area contributed by atoms with E-state index in [0.717, 1.165) is 64.5 Å². The van der Waals surface area contributed by atoms with Gasteiger partial charge in [-0.25, -0.2) is 4.79 Å². The van der Waals surface area contributed by atoms with Crippen molar-refractivity contribution in [1.82, 2.24) is 4.90 Å². The Morgan fingerprint density at radius 3 is 1.91 bits per heavy atom. The number of carboxylic acids is 1. The molecule has 0 radical (unpaired) electrons. The zero-order valence-electron chi connectivity index (χ0n) is 15.4. The molecule has 0 aromatic heterocycles. The van der Waals surface area contributed by atoms with E-state index in [4.69, 9.17) is 9.84 Å². The number of nitrogens with zero attached hydrogens (tertiary/aromatic N) is 1. The number of amides is 1. The Labute approximate surface area is 141 Å². The van der Waals surface area contributed by atoms with Crippen molar-refractivity contribution in [2.75, 3.05) is 13.1 Å². The molecule has 0 aliphatic carbocycles. The molecule has 0 spiro atoms. The van der Waals surface area contributed by atoms with Gasteiger partial charge in [0.05, 0.1) is 0 Å². The Morgan fingerprint density at radius 1 is 0.913 bits per heavy atom. The molecule has 0 rings (SSSR count). The van der Waals surface area contributed by atoms with Crippen LogP contribution in [0.2, 0.25) is 0 Å². The highest BCUT2D eigenvalue weighted by Crippen LogP contribution is 2.12. The molecule has 0 fully saturated rings. The highest BCUT2D eigenvalue weighted by Gasteiger charge is 2.21. The molecule has 5 heteroatoms. The molecule has 0 saturated heterocycles. The van der Waals surface area contributed by atoms with Gasteiger partial charge in [0.1, 0.15) is 5.60 Å². The van der Waals surface area contributed by atoms with E-state index in [1.165, 1.54) is 0 Å². The predicted octanol–water partition coefficient (Wildman–Crippen LogP) is 4.84. The molecule has 0 unspecified atom stereocenters. The van der Waals surface area contributed by atoms with E-state index >= 15 is 0 Å². The standard InChI is InChI=1S/C18H35NO4/c1-5-14-19(17(22)23-18(2,3)4)15-12-10-8-6-7-9-11-13-16(20)21/h5-15H2,1-4H3,(H,20,21). The zero-order chi connectivity index (χ0) is 17.7. The molecular formula is C18H35NO4. The number of carboxylic acid groups (broad SMARTS) is 1. The summed E-state index contributed by atoms with van der Waals surface area (Å²) in [6.45, 7) is 9.22. The van der Waals surface area contributed by atoms with Gasteiger partial charge in [0.25, 0.3) is 0 Å². The number of aliphatic carboxylic acids is 1. The van der Waals surface area contributed by atoms with Gasteiger partial charge in [-0.3, -0.25) is 4.79 Å². The van der Waals surface area contributed by atoms with Gasteiger partial charge >= 0.3 is 12.1 Å². The Balaban J connectivity index is 3.76. The fourth-order valence-electron chi connectivity index (χ4n) is 2.35. The number of carbonyl (C=O) groups is 2. The van der Waals surface area contributed by atoms with Crippen molar-refractivity contribution in [1.29, 1.82) is 0 Å². The van der Waals surface area contributed by atoms with Crippen LogP contribution >= 0.6 is 0 Å². The molecule has 0 bridgehead atoms. The molecular weight excluding hydrogens is 294 g/mol. The lowest BCUT2D eigenvalue weighted by atomic mass is 10.1. The largest absolute Gasteiger partial charge is 0.481 e.